The zero-order valence-corrected chi connectivity index (χ0v) is 7.06. The Labute approximate surface area is 74.7 Å². The predicted molar refractivity (Wildman–Crippen MR) is 44.0 cm³/mol. The third kappa shape index (κ3) is 2.94. The van der Waals surface area contributed by atoms with Crippen LogP contribution in [0, 0.1) is 0 Å². The quantitative estimate of drug-likeness (QED) is 0.642. The lowest BCUT2D eigenvalue weighted by molar-refractivity contribution is -0.143. The molecule has 0 atom stereocenters. The Bertz CT molecular complexity index is 286. The number of carbonyl (C=O) groups is 1. The number of esters is 1. The van der Waals surface area contributed by atoms with E-state index >= 15 is 0 Å². The summed E-state index contributed by atoms with van der Waals surface area (Å²) in [6.45, 7) is -0.185. The zero-order chi connectivity index (χ0) is 9.68. The first-order chi connectivity index (χ1) is 6.22. The third-order valence-electron chi connectivity index (χ3n) is 1.23. The molecule has 0 saturated carbocycles. The molecule has 0 spiro atoms. The Morgan fingerprint density at radius 1 is 1.54 bits per heavy atom. The number of rotatable bonds is 3. The number of nitrogens with two attached hydrogens (primary N) is 1. The minimum absolute atomic E-state index is 0.185. The summed E-state index contributed by atoms with van der Waals surface area (Å²) in [6, 6.07) is 3.05. The molecule has 2 N–H and O–H groups in total. The Morgan fingerprint density at radius 2 is 2.31 bits per heavy atom. The van der Waals surface area contributed by atoms with Gasteiger partial charge in [0.05, 0.1) is 7.11 Å². The van der Waals surface area contributed by atoms with Gasteiger partial charge in [0.1, 0.15) is 5.82 Å². The fourth-order valence-electron chi connectivity index (χ4n) is 0.599. The summed E-state index contributed by atoms with van der Waals surface area (Å²) in [5.74, 6) is 0.0589. The highest BCUT2D eigenvalue weighted by Gasteiger charge is 2.02. The zero-order valence-electron chi connectivity index (χ0n) is 7.06. The molecular weight excluding hydrogens is 174 g/mol. The maximum Gasteiger partial charge on any atom is 0.343 e. The van der Waals surface area contributed by atoms with Gasteiger partial charge in [0.25, 0.3) is 0 Å². The number of nitrogen functional groups attached to an aromatic ring is 1. The van der Waals surface area contributed by atoms with Crippen LogP contribution in [0.1, 0.15) is 0 Å². The van der Waals surface area contributed by atoms with E-state index in [-0.39, 0.29) is 12.5 Å². The van der Waals surface area contributed by atoms with Crippen LogP contribution in [0.25, 0.3) is 0 Å². The van der Waals surface area contributed by atoms with Gasteiger partial charge in [-0.05, 0) is 6.07 Å². The molecule has 13 heavy (non-hydrogen) atoms. The Balaban J connectivity index is 2.46. The summed E-state index contributed by atoms with van der Waals surface area (Å²) in [4.78, 5) is 10.6. The van der Waals surface area contributed by atoms with Crippen molar-refractivity contribution in [2.24, 2.45) is 0 Å². The lowest BCUT2D eigenvalue weighted by Gasteiger charge is -2.01. The number of hydrogen-bond acceptors (Lipinski definition) is 6. The second-order valence-electron chi connectivity index (χ2n) is 2.16. The molecule has 6 nitrogen and oxygen atoms in total. The molecule has 0 fully saturated rings. The van der Waals surface area contributed by atoms with Crippen LogP contribution in [0.5, 0.6) is 5.88 Å². The third-order valence-corrected chi connectivity index (χ3v) is 1.23. The highest BCUT2D eigenvalue weighted by atomic mass is 16.6. The van der Waals surface area contributed by atoms with Crippen LogP contribution in [0.3, 0.4) is 0 Å². The van der Waals surface area contributed by atoms with E-state index in [1.807, 2.05) is 0 Å². The maximum atomic E-state index is 10.6. The van der Waals surface area contributed by atoms with Crippen molar-refractivity contribution in [3.8, 4) is 5.88 Å². The van der Waals surface area contributed by atoms with Crippen molar-refractivity contribution in [1.29, 1.82) is 0 Å². The highest BCUT2D eigenvalue weighted by Crippen LogP contribution is 2.04. The highest BCUT2D eigenvalue weighted by molar-refractivity contribution is 5.70. The number of anilines is 1. The molecule has 1 aromatic heterocycles. The van der Waals surface area contributed by atoms with Crippen molar-refractivity contribution in [1.82, 2.24) is 10.2 Å². The van der Waals surface area contributed by atoms with Gasteiger partial charge < -0.3 is 15.2 Å². The van der Waals surface area contributed by atoms with E-state index in [4.69, 9.17) is 10.5 Å². The van der Waals surface area contributed by atoms with E-state index in [9.17, 15) is 4.79 Å². The summed E-state index contributed by atoms with van der Waals surface area (Å²) in [7, 11) is 1.28. The molecular formula is C7H9N3O3. The fraction of sp³-hybridized carbons (Fsp3) is 0.286. The van der Waals surface area contributed by atoms with Crippen molar-refractivity contribution in [3.63, 3.8) is 0 Å². The van der Waals surface area contributed by atoms with Gasteiger partial charge in [-0.15, -0.1) is 10.2 Å². The number of ether oxygens (including phenoxy) is 2. The summed E-state index contributed by atoms with van der Waals surface area (Å²) in [5, 5.41) is 7.11. The van der Waals surface area contributed by atoms with Gasteiger partial charge in [0, 0.05) is 6.07 Å². The van der Waals surface area contributed by atoms with E-state index in [1.54, 1.807) is 0 Å². The minimum Gasteiger partial charge on any atom is -0.466 e. The van der Waals surface area contributed by atoms with Crippen molar-refractivity contribution in [2.45, 2.75) is 0 Å². The van der Waals surface area contributed by atoms with E-state index in [1.165, 1.54) is 19.2 Å². The molecule has 0 aliphatic rings. The lowest BCUT2D eigenvalue weighted by atomic mass is 10.5. The molecule has 0 aromatic carbocycles. The first-order valence-electron chi connectivity index (χ1n) is 3.51. The Hall–Kier alpha value is -1.85. The molecule has 1 heterocycles. The number of hydrogen-bond donors (Lipinski definition) is 1. The van der Waals surface area contributed by atoms with Crippen molar-refractivity contribution < 1.29 is 14.3 Å². The van der Waals surface area contributed by atoms with Crippen LogP contribution in [0.2, 0.25) is 0 Å². The summed E-state index contributed by atoms with van der Waals surface area (Å²) >= 11 is 0. The van der Waals surface area contributed by atoms with Gasteiger partial charge in [-0.3, -0.25) is 0 Å². The van der Waals surface area contributed by atoms with Crippen LogP contribution in [0.15, 0.2) is 12.1 Å². The lowest BCUT2D eigenvalue weighted by Crippen LogP contribution is -2.13. The molecule has 6 heteroatoms. The monoisotopic (exact) mass is 183 g/mol. The van der Waals surface area contributed by atoms with Gasteiger partial charge in [-0.1, -0.05) is 0 Å². The molecule has 0 radical (unpaired) electrons. The molecule has 70 valence electrons. The smallest absolute Gasteiger partial charge is 0.343 e. The molecule has 0 amide bonds. The van der Waals surface area contributed by atoms with Crippen molar-refractivity contribution in [3.05, 3.63) is 12.1 Å². The van der Waals surface area contributed by atoms with E-state index < -0.39 is 5.97 Å². The molecule has 0 unspecified atom stereocenters. The van der Waals surface area contributed by atoms with E-state index in [0.717, 1.165) is 0 Å². The van der Waals surface area contributed by atoms with Crippen molar-refractivity contribution >= 4 is 11.8 Å². The predicted octanol–water partition coefficient (Wildman–Crippen LogP) is -0.389. The fourth-order valence-corrected chi connectivity index (χ4v) is 0.599. The van der Waals surface area contributed by atoms with E-state index in [0.29, 0.717) is 5.82 Å². The summed E-state index contributed by atoms with van der Waals surface area (Å²) < 4.78 is 9.27. The van der Waals surface area contributed by atoms with Crippen LogP contribution in [-0.4, -0.2) is 29.9 Å². The summed E-state index contributed by atoms with van der Waals surface area (Å²) in [6.07, 6.45) is 0. The van der Waals surface area contributed by atoms with Gasteiger partial charge in [0.15, 0.2) is 6.61 Å². The molecule has 0 aliphatic heterocycles. The average Bonchev–Trinajstić information content (AvgIpc) is 2.16. The van der Waals surface area contributed by atoms with Crippen LogP contribution >= 0.6 is 0 Å². The number of methoxy groups -OCH3 is 1. The molecule has 1 rings (SSSR count). The largest absolute Gasteiger partial charge is 0.466 e. The minimum atomic E-state index is -0.473. The first-order valence-corrected chi connectivity index (χ1v) is 3.51. The van der Waals surface area contributed by atoms with E-state index in [2.05, 4.69) is 14.9 Å². The van der Waals surface area contributed by atoms with Crippen LogP contribution in [-0.2, 0) is 9.53 Å². The standard InChI is InChI=1S/C7H9N3O3/c1-12-7(11)4-13-6-3-2-5(8)9-10-6/h2-3H,4H2,1H3,(H2,8,9). The number of aromatic nitrogens is 2. The SMILES string of the molecule is COC(=O)COc1ccc(N)nn1. The van der Waals surface area contributed by atoms with Crippen LogP contribution in [0.4, 0.5) is 5.82 Å². The molecule has 0 aliphatic carbocycles. The molecule has 0 bridgehead atoms. The first kappa shape index (κ1) is 9.24. The maximum absolute atomic E-state index is 10.6. The van der Waals surface area contributed by atoms with Crippen LogP contribution < -0.4 is 10.5 Å². The summed E-state index contributed by atoms with van der Waals surface area (Å²) in [5.41, 5.74) is 5.29. The van der Waals surface area contributed by atoms with Gasteiger partial charge in [-0.25, -0.2) is 4.79 Å². The normalized spacial score (nSPS) is 9.31. The van der Waals surface area contributed by atoms with Gasteiger partial charge in [-0.2, -0.15) is 0 Å². The second kappa shape index (κ2) is 4.24. The molecule has 1 aromatic rings. The second-order valence-corrected chi connectivity index (χ2v) is 2.16. The van der Waals surface area contributed by atoms with Gasteiger partial charge in [0.2, 0.25) is 5.88 Å². The Morgan fingerprint density at radius 3 is 2.85 bits per heavy atom. The average molecular weight is 183 g/mol. The Kier molecular flexibility index (Phi) is 3.02. The number of carbonyl (C=O) groups excluding carboxylic acids is 1. The number of nitrogens with zero attached hydrogens (tertiary/aromatic N) is 2. The van der Waals surface area contributed by atoms with Crippen molar-refractivity contribution in [2.75, 3.05) is 19.5 Å². The van der Waals surface area contributed by atoms with Gasteiger partial charge >= 0.3 is 5.97 Å². The molecule has 0 saturated heterocycles. The topological polar surface area (TPSA) is 87.3 Å².